The number of rotatable bonds is 6. The van der Waals surface area contributed by atoms with Crippen LogP contribution in [0.3, 0.4) is 0 Å². The van der Waals surface area contributed by atoms with Gasteiger partial charge in [0.05, 0.1) is 18.8 Å². The van der Waals surface area contributed by atoms with E-state index in [1.54, 1.807) is 19.2 Å². The van der Waals surface area contributed by atoms with Crippen LogP contribution in [0.15, 0.2) is 30.6 Å². The molecule has 3 aromatic rings. The normalized spacial score (nSPS) is 19.0. The summed E-state index contributed by atoms with van der Waals surface area (Å²) in [6, 6.07) is 3.97. The van der Waals surface area contributed by atoms with Crippen molar-refractivity contribution in [2.75, 3.05) is 18.5 Å². The summed E-state index contributed by atoms with van der Waals surface area (Å²) in [7, 11) is 0. The summed E-state index contributed by atoms with van der Waals surface area (Å²) in [5, 5.41) is 26.0. The number of aromatic carboxylic acids is 1. The van der Waals surface area contributed by atoms with Gasteiger partial charge >= 0.3 is 5.97 Å². The molecule has 1 aromatic carbocycles. The van der Waals surface area contributed by atoms with E-state index in [0.717, 1.165) is 0 Å². The molecule has 0 amide bonds. The number of hydrogen-bond acceptors (Lipinski definition) is 7. The molecule has 0 radical (unpaired) electrons. The number of carboxylic acid groups (broad SMARTS) is 1. The topological polar surface area (TPSA) is 135 Å². The highest BCUT2D eigenvalue weighted by molar-refractivity contribution is 5.94. The third kappa shape index (κ3) is 3.26. The van der Waals surface area contributed by atoms with Gasteiger partial charge in [0, 0.05) is 30.3 Å². The fraction of sp³-hybridized carbons (Fsp3) is 0.316. The Morgan fingerprint density at radius 1 is 1.52 bits per heavy atom. The summed E-state index contributed by atoms with van der Waals surface area (Å²) < 4.78 is 21.5. The zero-order valence-corrected chi connectivity index (χ0v) is 15.6. The third-order valence-corrected chi connectivity index (χ3v) is 5.08. The Hall–Kier alpha value is -3.24. The monoisotopic (exact) mass is 401 g/mol. The lowest BCUT2D eigenvalue weighted by Crippen LogP contribution is -2.46. The van der Waals surface area contributed by atoms with Crippen LogP contribution in [0, 0.1) is 5.82 Å². The molecule has 1 aliphatic rings. The fourth-order valence-electron chi connectivity index (χ4n) is 3.52. The van der Waals surface area contributed by atoms with Gasteiger partial charge in [-0.25, -0.2) is 18.7 Å². The summed E-state index contributed by atoms with van der Waals surface area (Å²) in [5.74, 6) is -0.663. The van der Waals surface area contributed by atoms with Crippen LogP contribution in [0.2, 0.25) is 0 Å². The second-order valence-electron chi connectivity index (χ2n) is 7.12. The number of aliphatic hydroxyl groups is 1. The molecule has 0 fully saturated rings. The number of carbonyl (C=O) groups is 1. The molecule has 3 heterocycles. The molecule has 2 aromatic heterocycles. The average molecular weight is 401 g/mol. The molecule has 4 rings (SSSR count). The van der Waals surface area contributed by atoms with E-state index in [-0.39, 0.29) is 24.4 Å². The molecule has 2 atom stereocenters. The minimum absolute atomic E-state index is 0.0213. The molecule has 10 heteroatoms. The van der Waals surface area contributed by atoms with Crippen LogP contribution in [-0.4, -0.2) is 49.5 Å². The van der Waals surface area contributed by atoms with Gasteiger partial charge in [-0.2, -0.15) is 5.10 Å². The van der Waals surface area contributed by atoms with Crippen molar-refractivity contribution >= 4 is 17.4 Å². The van der Waals surface area contributed by atoms with Gasteiger partial charge in [0.25, 0.3) is 0 Å². The van der Waals surface area contributed by atoms with E-state index in [4.69, 9.17) is 10.5 Å². The van der Waals surface area contributed by atoms with Crippen LogP contribution in [0.25, 0.3) is 5.65 Å². The molecule has 5 N–H and O–H groups in total. The Labute approximate surface area is 164 Å². The van der Waals surface area contributed by atoms with E-state index < -0.39 is 23.4 Å². The average Bonchev–Trinajstić information content (AvgIpc) is 3.28. The molecule has 0 bridgehead atoms. The van der Waals surface area contributed by atoms with Gasteiger partial charge in [-0.3, -0.25) is 0 Å². The molecule has 1 unspecified atom stereocenters. The summed E-state index contributed by atoms with van der Waals surface area (Å²) in [5.41, 5.74) is 6.17. The van der Waals surface area contributed by atoms with Crippen molar-refractivity contribution in [2.24, 2.45) is 5.73 Å². The van der Waals surface area contributed by atoms with Gasteiger partial charge in [-0.05, 0) is 25.1 Å². The summed E-state index contributed by atoms with van der Waals surface area (Å²) in [6.45, 7) is 1.62. The van der Waals surface area contributed by atoms with Crippen molar-refractivity contribution in [3.05, 3.63) is 53.1 Å². The van der Waals surface area contributed by atoms with Gasteiger partial charge in [0.1, 0.15) is 28.5 Å². The van der Waals surface area contributed by atoms with E-state index in [1.165, 1.54) is 22.8 Å². The van der Waals surface area contributed by atoms with Crippen LogP contribution < -0.4 is 15.8 Å². The lowest BCUT2D eigenvalue weighted by molar-refractivity contribution is 0.0351. The lowest BCUT2D eigenvalue weighted by Gasteiger charge is -2.25. The van der Waals surface area contributed by atoms with E-state index in [2.05, 4.69) is 15.4 Å². The second kappa shape index (κ2) is 6.98. The molecule has 152 valence electrons. The van der Waals surface area contributed by atoms with E-state index in [1.807, 2.05) is 0 Å². The number of benzene rings is 1. The van der Waals surface area contributed by atoms with Crippen molar-refractivity contribution in [3.63, 3.8) is 0 Å². The van der Waals surface area contributed by atoms with Crippen molar-refractivity contribution in [1.29, 1.82) is 0 Å². The maximum absolute atomic E-state index is 14.2. The Bertz CT molecular complexity index is 1100. The zero-order chi connectivity index (χ0) is 20.8. The number of nitrogens with one attached hydrogen (secondary N) is 1. The zero-order valence-electron chi connectivity index (χ0n) is 15.6. The quantitative estimate of drug-likeness (QED) is 0.486. The van der Waals surface area contributed by atoms with Gasteiger partial charge in [-0.1, -0.05) is 0 Å². The molecular formula is C19H20FN5O4. The Kier molecular flexibility index (Phi) is 4.59. The number of nitrogens with two attached hydrogens (primary N) is 1. The second-order valence-corrected chi connectivity index (χ2v) is 7.12. The highest BCUT2D eigenvalue weighted by Gasteiger charge is 2.40. The van der Waals surface area contributed by atoms with Gasteiger partial charge in [0.15, 0.2) is 5.65 Å². The summed E-state index contributed by atoms with van der Waals surface area (Å²) in [6.07, 6.45) is 3.13. The predicted octanol–water partition coefficient (Wildman–Crippen LogP) is 1.36. The first-order chi connectivity index (χ1) is 13.9. The minimum atomic E-state index is -1.13. The van der Waals surface area contributed by atoms with Crippen molar-refractivity contribution in [1.82, 2.24) is 14.6 Å². The van der Waals surface area contributed by atoms with Crippen molar-refractivity contribution in [3.8, 4) is 5.75 Å². The molecule has 0 saturated carbocycles. The number of aromatic nitrogens is 3. The number of halogens is 1. The summed E-state index contributed by atoms with van der Waals surface area (Å²) >= 11 is 0. The summed E-state index contributed by atoms with van der Waals surface area (Å²) in [4.78, 5) is 15.6. The SMILES string of the molecule is C[C@@H](Nc1ccn2ncc(C(=O)O)c2n1)c1cc(F)cc2c1OC(CN)(CO)C2. The molecule has 0 aliphatic carbocycles. The van der Waals surface area contributed by atoms with Crippen LogP contribution in [0.5, 0.6) is 5.75 Å². The van der Waals surface area contributed by atoms with Crippen LogP contribution in [-0.2, 0) is 6.42 Å². The first-order valence-corrected chi connectivity index (χ1v) is 9.02. The molecule has 1 aliphatic heterocycles. The molecular weight excluding hydrogens is 381 g/mol. The standard InChI is InChI=1S/C19H20FN5O4/c1-10(23-15-2-3-25-17(24-15)14(7-22-25)18(27)28)13-5-12(20)4-11-6-19(8-21,9-26)29-16(11)13/h2-5,7,10,26H,6,8-9,21H2,1H3,(H,23,24)(H,27,28)/t10-,19?/m1/s1. The number of fused-ring (bicyclic) bond motifs is 2. The number of anilines is 1. The number of hydrogen-bond donors (Lipinski definition) is 4. The van der Waals surface area contributed by atoms with Crippen molar-refractivity contribution in [2.45, 2.75) is 25.0 Å². The number of nitrogens with zero attached hydrogens (tertiary/aromatic N) is 3. The smallest absolute Gasteiger partial charge is 0.341 e. The number of carboxylic acids is 1. The number of ether oxygens (including phenoxy) is 1. The van der Waals surface area contributed by atoms with Gasteiger partial charge in [0.2, 0.25) is 0 Å². The minimum Gasteiger partial charge on any atom is -0.483 e. The lowest BCUT2D eigenvalue weighted by atomic mass is 9.96. The van der Waals surface area contributed by atoms with Gasteiger partial charge in [-0.15, -0.1) is 0 Å². The first kappa shape index (κ1) is 19.1. The molecule has 9 nitrogen and oxygen atoms in total. The van der Waals surface area contributed by atoms with Crippen LogP contribution in [0.4, 0.5) is 10.2 Å². The third-order valence-electron chi connectivity index (χ3n) is 5.08. The molecule has 0 saturated heterocycles. The molecule has 0 spiro atoms. The number of aliphatic hydroxyl groups excluding tert-OH is 1. The van der Waals surface area contributed by atoms with E-state index >= 15 is 0 Å². The largest absolute Gasteiger partial charge is 0.483 e. The Morgan fingerprint density at radius 3 is 3.00 bits per heavy atom. The highest BCUT2D eigenvalue weighted by atomic mass is 19.1. The van der Waals surface area contributed by atoms with E-state index in [9.17, 15) is 19.4 Å². The maximum atomic E-state index is 14.2. The van der Waals surface area contributed by atoms with Crippen LogP contribution >= 0.6 is 0 Å². The predicted molar refractivity (Wildman–Crippen MR) is 102 cm³/mol. The fourth-order valence-corrected chi connectivity index (χ4v) is 3.52. The van der Waals surface area contributed by atoms with Crippen molar-refractivity contribution < 1.29 is 24.1 Å². The van der Waals surface area contributed by atoms with Gasteiger partial charge < -0.3 is 26.0 Å². The Morgan fingerprint density at radius 2 is 2.31 bits per heavy atom. The first-order valence-electron chi connectivity index (χ1n) is 9.02. The maximum Gasteiger partial charge on any atom is 0.341 e. The molecule has 29 heavy (non-hydrogen) atoms. The van der Waals surface area contributed by atoms with Crippen LogP contribution in [0.1, 0.15) is 34.5 Å². The highest BCUT2D eigenvalue weighted by Crippen LogP contribution is 2.41. The Balaban J connectivity index is 1.67. The van der Waals surface area contributed by atoms with E-state index in [0.29, 0.717) is 29.1 Å².